The zero-order valence-corrected chi connectivity index (χ0v) is 32.0. The molecule has 0 aromatic heterocycles. The van der Waals surface area contributed by atoms with Gasteiger partial charge in [0.05, 0.1) is 12.0 Å². The van der Waals surface area contributed by atoms with Crippen molar-refractivity contribution in [2.45, 2.75) is 125 Å². The molecule has 6 nitrogen and oxygen atoms in total. The summed E-state index contributed by atoms with van der Waals surface area (Å²) in [6, 6.07) is 12.5. The van der Waals surface area contributed by atoms with E-state index in [2.05, 4.69) is 54.5 Å². The van der Waals surface area contributed by atoms with Gasteiger partial charge in [0.15, 0.2) is 0 Å². The Morgan fingerprint density at radius 3 is 2.16 bits per heavy atom. The lowest BCUT2D eigenvalue weighted by Gasteiger charge is -2.71. The highest BCUT2D eigenvalue weighted by atomic mass is 16.5. The van der Waals surface area contributed by atoms with E-state index in [0.717, 1.165) is 74.7 Å². The Labute approximate surface area is 305 Å². The number of benzene rings is 2. The molecule has 2 aromatic rings. The zero-order chi connectivity index (χ0) is 36.8. The first-order valence-corrected chi connectivity index (χ1v) is 19.6. The highest BCUT2D eigenvalue weighted by molar-refractivity contribution is 5.85. The number of hydrogen-bond donors (Lipinski definition) is 3. The lowest BCUT2D eigenvalue weighted by molar-refractivity contribution is -0.213. The quantitative estimate of drug-likeness (QED) is 0.270. The zero-order valence-electron chi connectivity index (χ0n) is 32.0. The molecule has 51 heavy (non-hydrogen) atoms. The van der Waals surface area contributed by atoms with Crippen LogP contribution in [0.3, 0.4) is 0 Å². The number of aromatic hydroxyl groups is 2. The highest BCUT2D eigenvalue weighted by Gasteiger charge is 2.69. The molecule has 1 heterocycles. The van der Waals surface area contributed by atoms with E-state index in [9.17, 15) is 24.9 Å². The summed E-state index contributed by atoms with van der Waals surface area (Å²) in [5.41, 5.74) is 3.32. The van der Waals surface area contributed by atoms with Crippen LogP contribution in [-0.4, -0.2) is 33.7 Å². The third kappa shape index (κ3) is 5.55. The molecule has 4 saturated carbocycles. The Bertz CT molecular complexity index is 1740. The van der Waals surface area contributed by atoms with Gasteiger partial charge in [-0.3, -0.25) is 9.59 Å². The second kappa shape index (κ2) is 12.1. The molecule has 6 heteroatoms. The lowest BCUT2D eigenvalue weighted by Crippen LogP contribution is -2.65. The smallest absolute Gasteiger partial charge is 0.313 e. The minimum atomic E-state index is -0.636. The predicted molar refractivity (Wildman–Crippen MR) is 200 cm³/mol. The molecule has 0 saturated heterocycles. The van der Waals surface area contributed by atoms with Gasteiger partial charge in [0.1, 0.15) is 23.0 Å². The van der Waals surface area contributed by atoms with E-state index in [1.165, 1.54) is 18.4 Å². The molecule has 0 amide bonds. The molecular weight excluding hydrogens is 636 g/mol. The van der Waals surface area contributed by atoms with Gasteiger partial charge in [-0.05, 0) is 133 Å². The van der Waals surface area contributed by atoms with Crippen LogP contribution < -0.4 is 4.74 Å². The summed E-state index contributed by atoms with van der Waals surface area (Å²) in [5.74, 6) is 2.92. The Morgan fingerprint density at radius 2 is 1.45 bits per heavy atom. The number of carboxylic acids is 1. The molecule has 5 aliphatic carbocycles. The van der Waals surface area contributed by atoms with Crippen LogP contribution in [-0.2, 0) is 16.0 Å². The SMILES string of the molecule is CC1(C)C=C2[C@H]3CC[C@@H]4[C@@]5(C)CCC(=O)C(C)(C)[C@@H]5CC[C@@]4(C)[C@]3(C)CC[C@@]2(C(=O)O)CC1.Oc1ccc([C@H]2COc3cc(O)ccc3C2)cc1. The number of allylic oxidation sites excluding steroid dienone is 1. The number of aliphatic carboxylic acids is 1. The number of hydrogen-bond acceptors (Lipinski definition) is 5. The van der Waals surface area contributed by atoms with E-state index >= 15 is 0 Å². The minimum absolute atomic E-state index is 0.0850. The van der Waals surface area contributed by atoms with Crippen molar-refractivity contribution in [1.29, 1.82) is 0 Å². The fourth-order valence-electron chi connectivity index (χ4n) is 12.8. The Morgan fingerprint density at radius 1 is 0.765 bits per heavy atom. The van der Waals surface area contributed by atoms with E-state index in [1.54, 1.807) is 24.3 Å². The number of carbonyl (C=O) groups is 2. The van der Waals surface area contributed by atoms with Gasteiger partial charge in [-0.25, -0.2) is 0 Å². The fourth-order valence-corrected chi connectivity index (χ4v) is 12.8. The van der Waals surface area contributed by atoms with E-state index in [-0.39, 0.29) is 38.6 Å². The van der Waals surface area contributed by atoms with Gasteiger partial charge in [-0.2, -0.15) is 0 Å². The van der Waals surface area contributed by atoms with Crippen molar-refractivity contribution in [1.82, 2.24) is 0 Å². The van der Waals surface area contributed by atoms with Crippen molar-refractivity contribution in [3.8, 4) is 17.2 Å². The number of phenols is 2. The fraction of sp³-hybridized carbons (Fsp3) is 0.644. The predicted octanol–water partition coefficient (Wildman–Crippen LogP) is 10.3. The molecule has 0 bridgehead atoms. The first-order chi connectivity index (χ1) is 23.9. The van der Waals surface area contributed by atoms with Gasteiger partial charge in [-0.15, -0.1) is 0 Å². The largest absolute Gasteiger partial charge is 0.508 e. The Hall–Kier alpha value is -3.28. The normalized spacial score (nSPS) is 38.8. The molecule has 6 aliphatic rings. The number of fused-ring (bicyclic) bond motifs is 8. The lowest BCUT2D eigenvalue weighted by atomic mass is 9.32. The molecule has 1 aliphatic heterocycles. The van der Waals surface area contributed by atoms with Gasteiger partial charge in [-0.1, -0.05) is 78.3 Å². The van der Waals surface area contributed by atoms with E-state index in [4.69, 9.17) is 4.74 Å². The number of rotatable bonds is 2. The van der Waals surface area contributed by atoms with Gasteiger partial charge in [0, 0.05) is 23.8 Å². The number of carbonyl (C=O) groups excluding carboxylic acids is 1. The van der Waals surface area contributed by atoms with Crippen LogP contribution in [0.25, 0.3) is 0 Å². The first kappa shape index (κ1) is 36.1. The van der Waals surface area contributed by atoms with E-state index in [1.807, 2.05) is 18.2 Å². The summed E-state index contributed by atoms with van der Waals surface area (Å²) in [6.07, 6.45) is 13.3. The summed E-state index contributed by atoms with van der Waals surface area (Å²) in [6.45, 7) is 17.2. The average Bonchev–Trinajstić information content (AvgIpc) is 3.07. The van der Waals surface area contributed by atoms with Crippen LogP contribution in [0.1, 0.15) is 130 Å². The highest BCUT2D eigenvalue weighted by Crippen LogP contribution is 2.76. The van der Waals surface area contributed by atoms with E-state index in [0.29, 0.717) is 36.1 Å². The molecule has 0 radical (unpaired) electrons. The van der Waals surface area contributed by atoms with Crippen LogP contribution >= 0.6 is 0 Å². The van der Waals surface area contributed by atoms with Crippen molar-refractivity contribution in [2.75, 3.05) is 6.61 Å². The molecule has 276 valence electrons. The van der Waals surface area contributed by atoms with Crippen molar-refractivity contribution in [2.24, 2.45) is 50.2 Å². The van der Waals surface area contributed by atoms with Crippen LogP contribution in [0.5, 0.6) is 17.2 Å². The maximum atomic E-state index is 12.9. The molecular formula is C45H60O6. The van der Waals surface area contributed by atoms with Gasteiger partial charge < -0.3 is 20.1 Å². The van der Waals surface area contributed by atoms with Crippen LogP contribution in [0, 0.1) is 50.2 Å². The summed E-state index contributed by atoms with van der Waals surface area (Å²) in [7, 11) is 0. The first-order valence-electron chi connectivity index (χ1n) is 19.6. The van der Waals surface area contributed by atoms with Gasteiger partial charge in [0.2, 0.25) is 0 Å². The molecule has 2 aromatic carbocycles. The standard InChI is InChI=1S/C30H46O3.C15H14O3/c1-25(2)14-16-30(24(32)33)17-15-28(6)19(20(30)18-25)8-9-22-27(5)12-11-23(31)26(3,4)21(27)10-13-29(22,28)7;16-13-4-1-10(2-5-13)12-7-11-3-6-14(17)8-15(11)18-9-12/h18-19,21-22H,8-17H2,1-7H3,(H,32,33);1-6,8,12,16-17H,7,9H2/t19-,21+,22-,27+,28-,29-,30+;12-/m11/s1. The average molecular weight is 697 g/mol. The van der Waals surface area contributed by atoms with Crippen molar-refractivity contribution in [3.63, 3.8) is 0 Å². The van der Waals surface area contributed by atoms with Gasteiger partial charge in [0.25, 0.3) is 0 Å². The van der Waals surface area contributed by atoms with Gasteiger partial charge >= 0.3 is 5.97 Å². The van der Waals surface area contributed by atoms with Crippen LogP contribution in [0.2, 0.25) is 0 Å². The summed E-state index contributed by atoms with van der Waals surface area (Å²) < 4.78 is 5.68. The number of ketones is 1. The molecule has 8 atom stereocenters. The number of ether oxygens (including phenoxy) is 1. The van der Waals surface area contributed by atoms with Crippen LogP contribution in [0.4, 0.5) is 0 Å². The second-order valence-corrected chi connectivity index (χ2v) is 19.3. The van der Waals surface area contributed by atoms with Crippen molar-refractivity contribution >= 4 is 11.8 Å². The third-order valence-corrected chi connectivity index (χ3v) is 16.1. The molecule has 3 N–H and O–H groups in total. The van der Waals surface area contributed by atoms with E-state index < -0.39 is 11.4 Å². The number of carboxylic acid groups (broad SMARTS) is 1. The summed E-state index contributed by atoms with van der Waals surface area (Å²) in [5, 5.41) is 29.1. The number of Topliss-reactive ketones (excluding diaryl/α,β-unsaturated/α-hetero) is 1. The summed E-state index contributed by atoms with van der Waals surface area (Å²) >= 11 is 0. The third-order valence-electron chi connectivity index (χ3n) is 16.1. The Kier molecular flexibility index (Phi) is 8.59. The summed E-state index contributed by atoms with van der Waals surface area (Å²) in [4.78, 5) is 25.6. The molecule has 4 fully saturated rings. The minimum Gasteiger partial charge on any atom is -0.508 e. The molecule has 0 unspecified atom stereocenters. The second-order valence-electron chi connectivity index (χ2n) is 19.3. The Balaban J connectivity index is 0.000000190. The molecule has 8 rings (SSSR count). The topological polar surface area (TPSA) is 104 Å². The van der Waals surface area contributed by atoms with Crippen molar-refractivity contribution < 1.29 is 29.6 Å². The molecule has 0 spiro atoms. The maximum absolute atomic E-state index is 12.9. The van der Waals surface area contributed by atoms with Crippen LogP contribution in [0.15, 0.2) is 54.1 Å². The maximum Gasteiger partial charge on any atom is 0.313 e. The monoisotopic (exact) mass is 696 g/mol. The van der Waals surface area contributed by atoms with Crippen molar-refractivity contribution in [3.05, 3.63) is 65.2 Å². The number of phenolic OH excluding ortho intramolecular Hbond substituents is 2.